The van der Waals surface area contributed by atoms with E-state index in [0.29, 0.717) is 5.56 Å². The average Bonchev–Trinajstić information content (AvgIpc) is 2.33. The van der Waals surface area contributed by atoms with Gasteiger partial charge in [-0.05, 0) is 25.1 Å². The largest absolute Gasteiger partial charge is 0.396 e. The summed E-state index contributed by atoms with van der Waals surface area (Å²) in [6.45, 7) is 2.01. The second-order valence-corrected chi connectivity index (χ2v) is 3.84. The number of nitrogen functional groups attached to an aromatic ring is 1. The molecule has 0 aliphatic carbocycles. The van der Waals surface area contributed by atoms with Gasteiger partial charge in [-0.1, -0.05) is 29.8 Å². The number of anilines is 1. The highest BCUT2D eigenvalue weighted by atomic mass is 19.1. The zero-order valence-electron chi connectivity index (χ0n) is 9.52. The van der Waals surface area contributed by atoms with E-state index < -0.39 is 5.82 Å². The number of halogens is 1. The Morgan fingerprint density at radius 1 is 1.12 bits per heavy atom. The zero-order chi connectivity index (χ0) is 12.3. The Labute approximate surface area is 99.6 Å². The maximum Gasteiger partial charge on any atom is 0.146 e. The smallest absolute Gasteiger partial charge is 0.146 e. The lowest BCUT2D eigenvalue weighted by molar-refractivity contribution is 0.632. The van der Waals surface area contributed by atoms with Crippen molar-refractivity contribution < 1.29 is 4.39 Å². The summed E-state index contributed by atoms with van der Waals surface area (Å²) in [5.74, 6) is -0.419. The highest BCUT2D eigenvalue weighted by Gasteiger charge is 2.01. The lowest BCUT2D eigenvalue weighted by atomic mass is 10.2. The molecule has 86 valence electrons. The molecule has 0 saturated heterocycles. The number of nitrogens with two attached hydrogens (primary N) is 1. The van der Waals surface area contributed by atoms with Gasteiger partial charge in [-0.15, -0.1) is 0 Å². The van der Waals surface area contributed by atoms with Crippen LogP contribution in [0.1, 0.15) is 11.1 Å². The maximum atomic E-state index is 13.2. The van der Waals surface area contributed by atoms with Crippen LogP contribution in [0.25, 0.3) is 0 Å². The number of benzene rings is 2. The summed E-state index contributed by atoms with van der Waals surface area (Å²) in [4.78, 5) is 4.25. The molecular formula is C14H13FN2. The van der Waals surface area contributed by atoms with E-state index in [9.17, 15) is 4.39 Å². The minimum atomic E-state index is -0.419. The molecule has 0 heterocycles. The van der Waals surface area contributed by atoms with Crippen molar-refractivity contribution in [1.29, 1.82) is 0 Å². The van der Waals surface area contributed by atoms with Crippen molar-refractivity contribution in [3.63, 3.8) is 0 Å². The van der Waals surface area contributed by atoms with Crippen LogP contribution in [0.3, 0.4) is 0 Å². The molecule has 3 heteroatoms. The molecule has 0 fully saturated rings. The molecule has 0 unspecified atom stereocenters. The number of hydrogen-bond acceptors (Lipinski definition) is 2. The summed E-state index contributed by atoms with van der Waals surface area (Å²) in [6, 6.07) is 12.4. The van der Waals surface area contributed by atoms with E-state index in [1.165, 1.54) is 11.6 Å². The first-order chi connectivity index (χ1) is 8.16. The fourth-order valence-electron chi connectivity index (χ4n) is 1.44. The van der Waals surface area contributed by atoms with Crippen LogP contribution in [-0.4, -0.2) is 6.21 Å². The van der Waals surface area contributed by atoms with Crippen LogP contribution in [-0.2, 0) is 0 Å². The van der Waals surface area contributed by atoms with Gasteiger partial charge in [-0.2, -0.15) is 0 Å². The van der Waals surface area contributed by atoms with Gasteiger partial charge >= 0.3 is 0 Å². The Morgan fingerprint density at radius 2 is 1.82 bits per heavy atom. The minimum absolute atomic E-state index is 0.128. The third-order valence-electron chi connectivity index (χ3n) is 2.47. The SMILES string of the molecule is Cc1ccc(N=Cc2cccc(F)c2N)cc1. The van der Waals surface area contributed by atoms with Gasteiger partial charge in [-0.25, -0.2) is 4.39 Å². The number of rotatable bonds is 2. The first kappa shape index (κ1) is 11.3. The lowest BCUT2D eigenvalue weighted by Crippen LogP contribution is -1.96. The first-order valence-corrected chi connectivity index (χ1v) is 5.31. The maximum absolute atomic E-state index is 13.2. The van der Waals surface area contributed by atoms with Crippen molar-refractivity contribution in [1.82, 2.24) is 0 Å². The third-order valence-corrected chi connectivity index (χ3v) is 2.47. The van der Waals surface area contributed by atoms with Gasteiger partial charge in [0.25, 0.3) is 0 Å². The van der Waals surface area contributed by atoms with Gasteiger partial charge in [0, 0.05) is 11.8 Å². The van der Waals surface area contributed by atoms with E-state index in [1.807, 2.05) is 31.2 Å². The molecule has 2 rings (SSSR count). The van der Waals surface area contributed by atoms with E-state index in [0.717, 1.165) is 5.69 Å². The van der Waals surface area contributed by atoms with Crippen LogP contribution in [0.2, 0.25) is 0 Å². The Morgan fingerprint density at radius 3 is 2.53 bits per heavy atom. The molecule has 0 atom stereocenters. The molecule has 2 nitrogen and oxygen atoms in total. The Kier molecular flexibility index (Phi) is 3.19. The topological polar surface area (TPSA) is 38.4 Å². The standard InChI is InChI=1S/C14H13FN2/c1-10-5-7-12(8-6-10)17-9-11-3-2-4-13(15)14(11)16/h2-9H,16H2,1H3. The Bertz CT molecular complexity index is 545. The van der Waals surface area contributed by atoms with Crippen LogP contribution in [0.4, 0.5) is 15.8 Å². The second kappa shape index (κ2) is 4.78. The highest BCUT2D eigenvalue weighted by molar-refractivity contribution is 5.88. The summed E-state index contributed by atoms with van der Waals surface area (Å²) in [5.41, 5.74) is 8.32. The van der Waals surface area contributed by atoms with Crippen LogP contribution in [0, 0.1) is 12.7 Å². The summed E-state index contributed by atoms with van der Waals surface area (Å²) in [7, 11) is 0. The zero-order valence-corrected chi connectivity index (χ0v) is 9.52. The van der Waals surface area contributed by atoms with Gasteiger partial charge in [0.05, 0.1) is 11.4 Å². The number of para-hydroxylation sites is 1. The van der Waals surface area contributed by atoms with E-state index in [1.54, 1.807) is 18.3 Å². The molecule has 17 heavy (non-hydrogen) atoms. The molecular weight excluding hydrogens is 215 g/mol. The summed E-state index contributed by atoms with van der Waals surface area (Å²) >= 11 is 0. The van der Waals surface area contributed by atoms with Crippen molar-refractivity contribution >= 4 is 17.6 Å². The molecule has 0 aromatic heterocycles. The number of nitrogens with zero attached hydrogens (tertiary/aromatic N) is 1. The normalized spacial score (nSPS) is 10.9. The van der Waals surface area contributed by atoms with Gasteiger partial charge in [0.15, 0.2) is 0 Å². The van der Waals surface area contributed by atoms with Gasteiger partial charge in [0.2, 0.25) is 0 Å². The van der Waals surface area contributed by atoms with Gasteiger partial charge in [-0.3, -0.25) is 4.99 Å². The summed E-state index contributed by atoms with van der Waals surface area (Å²) in [6.07, 6.45) is 1.57. The molecule has 0 aliphatic rings. The predicted molar refractivity (Wildman–Crippen MR) is 69.2 cm³/mol. The summed E-state index contributed by atoms with van der Waals surface area (Å²) < 4.78 is 13.2. The predicted octanol–water partition coefficient (Wildman–Crippen LogP) is 3.47. The van der Waals surface area contributed by atoms with Gasteiger partial charge in [0.1, 0.15) is 5.82 Å². The van der Waals surface area contributed by atoms with E-state index in [4.69, 9.17) is 5.73 Å². The fourth-order valence-corrected chi connectivity index (χ4v) is 1.44. The quantitative estimate of drug-likeness (QED) is 0.620. The van der Waals surface area contributed by atoms with Crippen LogP contribution in [0.15, 0.2) is 47.5 Å². The summed E-state index contributed by atoms with van der Waals surface area (Å²) in [5, 5.41) is 0. The van der Waals surface area contributed by atoms with Crippen molar-refractivity contribution in [2.75, 3.05) is 5.73 Å². The molecule has 0 spiro atoms. The Hall–Kier alpha value is -2.16. The Balaban J connectivity index is 2.26. The van der Waals surface area contributed by atoms with E-state index in [2.05, 4.69) is 4.99 Å². The van der Waals surface area contributed by atoms with Gasteiger partial charge < -0.3 is 5.73 Å². The van der Waals surface area contributed by atoms with Crippen LogP contribution < -0.4 is 5.73 Å². The van der Waals surface area contributed by atoms with Crippen molar-refractivity contribution in [3.05, 3.63) is 59.4 Å². The molecule has 2 N–H and O–H groups in total. The number of aliphatic imine (C=N–C) groups is 1. The molecule has 0 radical (unpaired) electrons. The molecule has 2 aromatic carbocycles. The molecule has 0 amide bonds. The van der Waals surface area contributed by atoms with Crippen molar-refractivity contribution in [2.24, 2.45) is 4.99 Å². The van der Waals surface area contributed by atoms with E-state index in [-0.39, 0.29) is 5.69 Å². The minimum Gasteiger partial charge on any atom is -0.396 e. The third kappa shape index (κ3) is 2.69. The fraction of sp³-hybridized carbons (Fsp3) is 0.0714. The van der Waals surface area contributed by atoms with Crippen LogP contribution >= 0.6 is 0 Å². The second-order valence-electron chi connectivity index (χ2n) is 3.84. The molecule has 0 aliphatic heterocycles. The van der Waals surface area contributed by atoms with E-state index >= 15 is 0 Å². The molecule has 0 saturated carbocycles. The van der Waals surface area contributed by atoms with Crippen LogP contribution in [0.5, 0.6) is 0 Å². The number of hydrogen-bond donors (Lipinski definition) is 1. The highest BCUT2D eigenvalue weighted by Crippen LogP contribution is 2.16. The lowest BCUT2D eigenvalue weighted by Gasteiger charge is -2.00. The van der Waals surface area contributed by atoms with Crippen molar-refractivity contribution in [2.45, 2.75) is 6.92 Å². The average molecular weight is 228 g/mol. The van der Waals surface area contributed by atoms with Crippen molar-refractivity contribution in [3.8, 4) is 0 Å². The number of aryl methyl sites for hydroxylation is 1. The molecule has 2 aromatic rings. The monoisotopic (exact) mass is 228 g/mol. The molecule has 0 bridgehead atoms. The first-order valence-electron chi connectivity index (χ1n) is 5.31.